The van der Waals surface area contributed by atoms with E-state index in [1.54, 1.807) is 0 Å². The molecule has 0 aliphatic rings. The van der Waals surface area contributed by atoms with Crippen molar-refractivity contribution < 1.29 is 9.90 Å². The fraction of sp³-hybridized carbons (Fsp3) is 0.400. The normalized spacial score (nSPS) is 12.1. The van der Waals surface area contributed by atoms with Gasteiger partial charge >= 0.3 is 5.97 Å². The first kappa shape index (κ1) is 11.3. The molecule has 1 aromatic rings. The molecule has 0 radical (unpaired) electrons. The minimum absolute atomic E-state index is 0.0993. The predicted octanol–water partition coefficient (Wildman–Crippen LogP) is 1.57. The Bertz CT molecular complexity index is 366. The molecule has 0 amide bonds. The Morgan fingerprint density at radius 2 is 2.40 bits per heavy atom. The fourth-order valence-corrected chi connectivity index (χ4v) is 1.05. The van der Waals surface area contributed by atoms with Gasteiger partial charge in [-0.05, 0) is 19.4 Å². The van der Waals surface area contributed by atoms with E-state index in [0.29, 0.717) is 11.5 Å². The second-order valence-electron chi connectivity index (χ2n) is 3.42. The van der Waals surface area contributed by atoms with Crippen LogP contribution < -0.4 is 11.1 Å². The second-order valence-corrected chi connectivity index (χ2v) is 3.42. The maximum atomic E-state index is 10.6. The molecule has 1 rings (SSSR count). The third kappa shape index (κ3) is 2.83. The maximum Gasteiger partial charge on any atom is 0.337 e. The Kier molecular flexibility index (Phi) is 3.49. The summed E-state index contributed by atoms with van der Waals surface area (Å²) < 4.78 is 0. The van der Waals surface area contributed by atoms with Crippen LogP contribution in [0.1, 0.15) is 30.6 Å². The van der Waals surface area contributed by atoms with Crippen LogP contribution in [0.4, 0.5) is 11.5 Å². The van der Waals surface area contributed by atoms with Crippen molar-refractivity contribution in [2.45, 2.75) is 26.3 Å². The number of aromatic nitrogens is 1. The van der Waals surface area contributed by atoms with Crippen molar-refractivity contribution in [2.75, 3.05) is 11.1 Å². The summed E-state index contributed by atoms with van der Waals surface area (Å²) >= 11 is 0. The van der Waals surface area contributed by atoms with E-state index in [1.165, 1.54) is 12.3 Å². The van der Waals surface area contributed by atoms with Crippen molar-refractivity contribution in [2.24, 2.45) is 0 Å². The number of aromatic carboxylic acids is 1. The summed E-state index contributed by atoms with van der Waals surface area (Å²) in [5.74, 6) is -0.487. The lowest BCUT2D eigenvalue weighted by molar-refractivity contribution is 0.0696. The Hall–Kier alpha value is -1.78. The van der Waals surface area contributed by atoms with Crippen LogP contribution >= 0.6 is 0 Å². The molecule has 0 fully saturated rings. The number of carbonyl (C=O) groups is 1. The van der Waals surface area contributed by atoms with Gasteiger partial charge < -0.3 is 16.2 Å². The zero-order valence-electron chi connectivity index (χ0n) is 8.82. The van der Waals surface area contributed by atoms with E-state index in [4.69, 9.17) is 10.8 Å². The van der Waals surface area contributed by atoms with Gasteiger partial charge in [-0.15, -0.1) is 0 Å². The molecule has 82 valence electrons. The van der Waals surface area contributed by atoms with E-state index in [2.05, 4.69) is 10.3 Å². The number of nitrogen functional groups attached to an aromatic ring is 1. The zero-order valence-corrected chi connectivity index (χ0v) is 8.82. The average Bonchev–Trinajstić information content (AvgIpc) is 2.20. The highest BCUT2D eigenvalue weighted by Gasteiger charge is 2.08. The molecule has 1 atom stereocenters. The number of nitrogens with one attached hydrogen (secondary N) is 1. The zero-order chi connectivity index (χ0) is 11.4. The van der Waals surface area contributed by atoms with Gasteiger partial charge in [0.05, 0.1) is 11.3 Å². The molecule has 5 heteroatoms. The first-order chi connectivity index (χ1) is 7.04. The van der Waals surface area contributed by atoms with Gasteiger partial charge in [0.2, 0.25) is 0 Å². The number of pyridine rings is 1. The summed E-state index contributed by atoms with van der Waals surface area (Å²) in [6.07, 6.45) is 2.24. The highest BCUT2D eigenvalue weighted by Crippen LogP contribution is 2.17. The minimum Gasteiger partial charge on any atom is -0.478 e. The summed E-state index contributed by atoms with van der Waals surface area (Å²) in [6, 6.07) is 1.66. The van der Waals surface area contributed by atoms with Crippen LogP contribution in [0.2, 0.25) is 0 Å². The van der Waals surface area contributed by atoms with Crippen LogP contribution in [0, 0.1) is 0 Å². The number of rotatable bonds is 4. The van der Waals surface area contributed by atoms with Crippen molar-refractivity contribution in [3.63, 3.8) is 0 Å². The van der Waals surface area contributed by atoms with Crippen molar-refractivity contribution in [1.29, 1.82) is 0 Å². The molecular weight excluding hydrogens is 194 g/mol. The van der Waals surface area contributed by atoms with E-state index >= 15 is 0 Å². The first-order valence-electron chi connectivity index (χ1n) is 4.80. The number of anilines is 2. The SMILES string of the molecule is CCC(C)Nc1ncc(C(=O)O)cc1N. The minimum atomic E-state index is -1.02. The summed E-state index contributed by atoms with van der Waals surface area (Å²) in [4.78, 5) is 14.6. The Labute approximate surface area is 88.3 Å². The van der Waals surface area contributed by atoms with E-state index in [-0.39, 0.29) is 11.6 Å². The first-order valence-corrected chi connectivity index (χ1v) is 4.80. The number of carboxylic acid groups (broad SMARTS) is 1. The molecule has 5 nitrogen and oxygen atoms in total. The second kappa shape index (κ2) is 4.63. The lowest BCUT2D eigenvalue weighted by Gasteiger charge is -2.13. The summed E-state index contributed by atoms with van der Waals surface area (Å²) in [5, 5.41) is 11.8. The largest absolute Gasteiger partial charge is 0.478 e. The third-order valence-corrected chi connectivity index (χ3v) is 2.16. The summed E-state index contributed by atoms with van der Waals surface area (Å²) in [5.41, 5.74) is 6.13. The van der Waals surface area contributed by atoms with Crippen LogP contribution in [0.3, 0.4) is 0 Å². The molecule has 0 saturated carbocycles. The lowest BCUT2D eigenvalue weighted by atomic mass is 10.2. The number of hydrogen-bond acceptors (Lipinski definition) is 4. The molecule has 1 heterocycles. The molecule has 0 aliphatic heterocycles. The molecule has 0 aromatic carbocycles. The van der Waals surface area contributed by atoms with Gasteiger partial charge in [-0.25, -0.2) is 9.78 Å². The highest BCUT2D eigenvalue weighted by molar-refractivity contribution is 5.89. The van der Waals surface area contributed by atoms with Crippen LogP contribution in [0.5, 0.6) is 0 Å². The van der Waals surface area contributed by atoms with E-state index in [9.17, 15) is 4.79 Å². The van der Waals surface area contributed by atoms with Crippen LogP contribution in [-0.2, 0) is 0 Å². The molecule has 0 spiro atoms. The molecular formula is C10H15N3O2. The van der Waals surface area contributed by atoms with Crippen molar-refractivity contribution in [3.8, 4) is 0 Å². The number of carboxylic acids is 1. The summed E-state index contributed by atoms with van der Waals surface area (Å²) in [7, 11) is 0. The molecule has 4 N–H and O–H groups in total. The third-order valence-electron chi connectivity index (χ3n) is 2.16. The van der Waals surface area contributed by atoms with Crippen LogP contribution in [0.25, 0.3) is 0 Å². The van der Waals surface area contributed by atoms with Gasteiger partial charge in [-0.1, -0.05) is 6.92 Å². The van der Waals surface area contributed by atoms with Gasteiger partial charge in [0.15, 0.2) is 0 Å². The topological polar surface area (TPSA) is 88.2 Å². The standard InChI is InChI=1S/C10H15N3O2/c1-3-6(2)13-9-8(11)4-7(5-12-9)10(14)15/h4-6H,3,11H2,1-2H3,(H,12,13)(H,14,15). The van der Waals surface area contributed by atoms with E-state index < -0.39 is 5.97 Å². The van der Waals surface area contributed by atoms with Crippen molar-refractivity contribution in [1.82, 2.24) is 4.98 Å². The fourth-order valence-electron chi connectivity index (χ4n) is 1.05. The molecule has 0 saturated heterocycles. The molecule has 1 unspecified atom stereocenters. The van der Waals surface area contributed by atoms with E-state index in [0.717, 1.165) is 6.42 Å². The van der Waals surface area contributed by atoms with E-state index in [1.807, 2.05) is 13.8 Å². The van der Waals surface area contributed by atoms with Crippen LogP contribution in [0.15, 0.2) is 12.3 Å². The monoisotopic (exact) mass is 209 g/mol. The Morgan fingerprint density at radius 3 is 2.87 bits per heavy atom. The molecule has 15 heavy (non-hydrogen) atoms. The van der Waals surface area contributed by atoms with Gasteiger partial charge in [0.1, 0.15) is 5.82 Å². The Balaban J connectivity index is 2.88. The average molecular weight is 209 g/mol. The van der Waals surface area contributed by atoms with Crippen LogP contribution in [-0.4, -0.2) is 22.1 Å². The molecule has 1 aromatic heterocycles. The van der Waals surface area contributed by atoms with Gasteiger partial charge in [-0.2, -0.15) is 0 Å². The van der Waals surface area contributed by atoms with Crippen molar-refractivity contribution >= 4 is 17.5 Å². The predicted molar refractivity (Wildman–Crippen MR) is 59.0 cm³/mol. The van der Waals surface area contributed by atoms with Gasteiger partial charge in [0, 0.05) is 12.2 Å². The number of hydrogen-bond donors (Lipinski definition) is 3. The number of nitrogens with zero attached hydrogens (tertiary/aromatic N) is 1. The lowest BCUT2D eigenvalue weighted by Crippen LogP contribution is -2.16. The maximum absolute atomic E-state index is 10.6. The molecule has 0 aliphatic carbocycles. The van der Waals surface area contributed by atoms with Gasteiger partial charge in [-0.3, -0.25) is 0 Å². The summed E-state index contributed by atoms with van der Waals surface area (Å²) in [6.45, 7) is 4.05. The van der Waals surface area contributed by atoms with Crippen molar-refractivity contribution in [3.05, 3.63) is 17.8 Å². The number of nitrogens with two attached hydrogens (primary N) is 1. The van der Waals surface area contributed by atoms with Gasteiger partial charge in [0.25, 0.3) is 0 Å². The smallest absolute Gasteiger partial charge is 0.337 e. The highest BCUT2D eigenvalue weighted by atomic mass is 16.4. The molecule has 0 bridgehead atoms. The quantitative estimate of drug-likeness (QED) is 0.700. The Morgan fingerprint density at radius 1 is 1.73 bits per heavy atom.